The molecule has 0 atom stereocenters. The zero-order valence-electron chi connectivity index (χ0n) is 15.4. The van der Waals surface area contributed by atoms with Crippen LogP contribution in [0.25, 0.3) is 11.1 Å². The second-order valence-electron chi connectivity index (χ2n) is 6.50. The van der Waals surface area contributed by atoms with Crippen LogP contribution in [0.4, 0.5) is 0 Å². The molecule has 1 aliphatic carbocycles. The second kappa shape index (κ2) is 7.29. The minimum Gasteiger partial charge on any atom is -0.494 e. The van der Waals surface area contributed by atoms with Crippen molar-refractivity contribution in [3.8, 4) is 16.9 Å². The molecule has 0 radical (unpaired) electrons. The normalized spacial score (nSPS) is 13.8. The van der Waals surface area contributed by atoms with Crippen LogP contribution in [0, 0.1) is 0 Å². The average molecular weight is 372 g/mol. The van der Waals surface area contributed by atoms with Crippen LogP contribution in [0.1, 0.15) is 23.6 Å². The fraction of sp³-hybridized carbons (Fsp3) is 0.130. The van der Waals surface area contributed by atoms with Crippen molar-refractivity contribution in [3.05, 3.63) is 89.5 Å². The first-order chi connectivity index (χ1) is 13.6. The first-order valence-electron chi connectivity index (χ1n) is 9.12. The predicted molar refractivity (Wildman–Crippen MR) is 108 cm³/mol. The minimum atomic E-state index is -1.77. The van der Waals surface area contributed by atoms with Gasteiger partial charge in [0.2, 0.25) is 0 Å². The Balaban J connectivity index is 1.58. The van der Waals surface area contributed by atoms with Gasteiger partial charge < -0.3 is 9.84 Å². The molecule has 28 heavy (non-hydrogen) atoms. The van der Waals surface area contributed by atoms with Crippen LogP contribution in [0.3, 0.4) is 0 Å². The van der Waals surface area contributed by atoms with Crippen molar-refractivity contribution in [2.24, 2.45) is 5.10 Å². The maximum absolute atomic E-state index is 12.9. The van der Waals surface area contributed by atoms with Gasteiger partial charge in [-0.2, -0.15) is 5.10 Å². The second-order valence-corrected chi connectivity index (χ2v) is 6.50. The van der Waals surface area contributed by atoms with Crippen molar-refractivity contribution in [2.45, 2.75) is 12.5 Å². The topological polar surface area (TPSA) is 70.9 Å². The zero-order chi connectivity index (χ0) is 19.6. The number of carbonyl (C=O) groups is 1. The molecule has 0 aliphatic heterocycles. The van der Waals surface area contributed by atoms with E-state index >= 15 is 0 Å². The van der Waals surface area contributed by atoms with Crippen LogP contribution in [0.2, 0.25) is 0 Å². The van der Waals surface area contributed by atoms with Crippen molar-refractivity contribution >= 4 is 12.1 Å². The number of benzene rings is 3. The van der Waals surface area contributed by atoms with Gasteiger partial charge in [0.05, 0.1) is 12.8 Å². The summed E-state index contributed by atoms with van der Waals surface area (Å²) < 4.78 is 5.40. The lowest BCUT2D eigenvalue weighted by atomic mass is 9.91. The largest absolute Gasteiger partial charge is 0.494 e. The smallest absolute Gasteiger partial charge is 0.281 e. The summed E-state index contributed by atoms with van der Waals surface area (Å²) in [6.45, 7) is 2.53. The van der Waals surface area contributed by atoms with E-state index in [0.29, 0.717) is 17.7 Å². The van der Waals surface area contributed by atoms with Crippen LogP contribution in [0.15, 0.2) is 77.9 Å². The maximum atomic E-state index is 12.9. The van der Waals surface area contributed by atoms with Crippen molar-refractivity contribution in [1.82, 2.24) is 5.43 Å². The summed E-state index contributed by atoms with van der Waals surface area (Å²) in [7, 11) is 0. The van der Waals surface area contributed by atoms with Crippen LogP contribution in [-0.2, 0) is 10.4 Å². The molecule has 0 unspecified atom stereocenters. The number of hydrazone groups is 1. The highest BCUT2D eigenvalue weighted by Gasteiger charge is 2.47. The molecule has 1 amide bonds. The molecule has 3 aromatic carbocycles. The number of nitrogens with zero attached hydrogens (tertiary/aromatic N) is 1. The van der Waals surface area contributed by atoms with E-state index in [4.69, 9.17) is 4.74 Å². The summed E-state index contributed by atoms with van der Waals surface area (Å²) >= 11 is 0. The summed E-state index contributed by atoms with van der Waals surface area (Å²) in [5.41, 5.74) is 4.34. The fourth-order valence-electron chi connectivity index (χ4n) is 3.52. The Morgan fingerprint density at radius 2 is 1.57 bits per heavy atom. The third-order valence-corrected chi connectivity index (χ3v) is 4.82. The quantitative estimate of drug-likeness (QED) is 0.532. The molecule has 1 aliphatic rings. The van der Waals surface area contributed by atoms with Crippen molar-refractivity contribution in [2.75, 3.05) is 6.61 Å². The molecule has 0 aromatic heterocycles. The van der Waals surface area contributed by atoms with E-state index in [0.717, 1.165) is 22.4 Å². The van der Waals surface area contributed by atoms with E-state index in [9.17, 15) is 9.90 Å². The lowest BCUT2D eigenvalue weighted by Crippen LogP contribution is -2.42. The van der Waals surface area contributed by atoms with Gasteiger partial charge in [-0.05, 0) is 47.9 Å². The molecular formula is C23H20N2O3. The van der Waals surface area contributed by atoms with Gasteiger partial charge in [-0.15, -0.1) is 0 Å². The molecule has 5 heteroatoms. The molecule has 0 spiro atoms. The summed E-state index contributed by atoms with van der Waals surface area (Å²) in [5, 5.41) is 15.4. The Labute approximate surface area is 163 Å². The Kier molecular flexibility index (Phi) is 4.67. The zero-order valence-corrected chi connectivity index (χ0v) is 15.4. The highest BCUT2D eigenvalue weighted by Crippen LogP contribution is 2.47. The Hall–Kier alpha value is -3.44. The molecule has 0 saturated heterocycles. The van der Waals surface area contributed by atoms with Gasteiger partial charge in [-0.25, -0.2) is 5.43 Å². The third kappa shape index (κ3) is 2.96. The van der Waals surface area contributed by atoms with Crippen molar-refractivity contribution < 1.29 is 14.6 Å². The Morgan fingerprint density at radius 3 is 2.14 bits per heavy atom. The van der Waals surface area contributed by atoms with Gasteiger partial charge in [0.15, 0.2) is 5.60 Å². The molecular weight excluding hydrogens is 352 g/mol. The number of hydrogen-bond donors (Lipinski definition) is 2. The average Bonchev–Trinajstić information content (AvgIpc) is 3.00. The monoisotopic (exact) mass is 372 g/mol. The molecule has 0 heterocycles. The minimum absolute atomic E-state index is 0.560. The molecule has 2 N–H and O–H groups in total. The fourth-order valence-corrected chi connectivity index (χ4v) is 3.52. The summed E-state index contributed by atoms with van der Waals surface area (Å²) in [5.74, 6) is 0.184. The SMILES string of the molecule is CCOc1ccc(/C=N\NC(=O)C2(O)c3ccccc3-c3ccccc32)cc1. The summed E-state index contributed by atoms with van der Waals surface area (Å²) in [4.78, 5) is 12.9. The molecule has 3 aromatic rings. The van der Waals surface area contributed by atoms with E-state index in [2.05, 4.69) is 10.5 Å². The lowest BCUT2D eigenvalue weighted by Gasteiger charge is -2.23. The van der Waals surface area contributed by atoms with E-state index in [1.54, 1.807) is 12.1 Å². The first-order valence-corrected chi connectivity index (χ1v) is 9.12. The van der Waals surface area contributed by atoms with Gasteiger partial charge in [-0.3, -0.25) is 4.79 Å². The van der Waals surface area contributed by atoms with E-state index in [1.165, 1.54) is 6.21 Å². The number of rotatable bonds is 5. The number of amides is 1. The number of fused-ring (bicyclic) bond motifs is 3. The van der Waals surface area contributed by atoms with Crippen LogP contribution < -0.4 is 10.2 Å². The standard InChI is InChI=1S/C23H20N2O3/c1-2-28-17-13-11-16(12-14-17)15-24-25-22(26)23(27)20-9-5-3-7-18(20)19-8-4-6-10-21(19)23/h3-15,27H,2H2,1H3,(H,25,26)/b24-15-. The molecule has 140 valence electrons. The van der Waals surface area contributed by atoms with Gasteiger partial charge >= 0.3 is 0 Å². The van der Waals surface area contributed by atoms with Crippen molar-refractivity contribution in [1.29, 1.82) is 0 Å². The Bertz CT molecular complexity index is 996. The lowest BCUT2D eigenvalue weighted by molar-refractivity contribution is -0.136. The van der Waals surface area contributed by atoms with Gasteiger partial charge in [0, 0.05) is 11.1 Å². The number of carbonyl (C=O) groups excluding carboxylic acids is 1. The van der Waals surface area contributed by atoms with Crippen LogP contribution >= 0.6 is 0 Å². The third-order valence-electron chi connectivity index (χ3n) is 4.82. The van der Waals surface area contributed by atoms with Gasteiger partial charge in [0.25, 0.3) is 5.91 Å². The summed E-state index contributed by atoms with van der Waals surface area (Å²) in [6, 6.07) is 22.1. The predicted octanol–water partition coefficient (Wildman–Crippen LogP) is 3.45. The van der Waals surface area contributed by atoms with E-state index in [-0.39, 0.29) is 0 Å². The molecule has 5 nitrogen and oxygen atoms in total. The van der Waals surface area contributed by atoms with Crippen LogP contribution in [-0.4, -0.2) is 23.8 Å². The van der Waals surface area contributed by atoms with Crippen molar-refractivity contribution in [3.63, 3.8) is 0 Å². The van der Waals surface area contributed by atoms with E-state index in [1.807, 2.05) is 67.6 Å². The van der Waals surface area contributed by atoms with Gasteiger partial charge in [0.1, 0.15) is 5.75 Å². The Morgan fingerprint density at radius 1 is 1.00 bits per heavy atom. The molecule has 4 rings (SSSR count). The summed E-state index contributed by atoms with van der Waals surface area (Å²) in [6.07, 6.45) is 1.53. The highest BCUT2D eigenvalue weighted by atomic mass is 16.5. The van der Waals surface area contributed by atoms with Crippen LogP contribution in [0.5, 0.6) is 5.75 Å². The number of aliphatic hydroxyl groups is 1. The first kappa shape index (κ1) is 17.9. The number of ether oxygens (including phenoxy) is 1. The molecule has 0 saturated carbocycles. The maximum Gasteiger partial charge on any atom is 0.281 e. The molecule has 0 fully saturated rings. The molecule has 0 bridgehead atoms. The highest BCUT2D eigenvalue weighted by molar-refractivity contribution is 5.99. The van der Waals surface area contributed by atoms with E-state index < -0.39 is 11.5 Å². The number of nitrogens with one attached hydrogen (secondary N) is 1. The number of hydrogen-bond acceptors (Lipinski definition) is 4. The van der Waals surface area contributed by atoms with Gasteiger partial charge in [-0.1, -0.05) is 48.5 Å².